The van der Waals surface area contributed by atoms with E-state index in [1.54, 1.807) is 4.90 Å². The predicted octanol–water partition coefficient (Wildman–Crippen LogP) is 1.27. The largest absolute Gasteiger partial charge is 0.503 e. The van der Waals surface area contributed by atoms with Crippen LogP contribution in [0.1, 0.15) is 43.6 Å². The minimum absolute atomic E-state index is 0.0320. The van der Waals surface area contributed by atoms with Crippen LogP contribution in [0.2, 0.25) is 0 Å². The van der Waals surface area contributed by atoms with Crippen molar-refractivity contribution in [2.24, 2.45) is 0 Å². The quantitative estimate of drug-likeness (QED) is 0.697. The van der Waals surface area contributed by atoms with Crippen LogP contribution in [0.4, 0.5) is 0 Å². The molecule has 1 aliphatic carbocycles. The molecule has 3 heterocycles. The molecule has 1 saturated heterocycles. The van der Waals surface area contributed by atoms with Crippen molar-refractivity contribution in [2.75, 3.05) is 0 Å². The van der Waals surface area contributed by atoms with E-state index in [4.69, 9.17) is 4.74 Å². The van der Waals surface area contributed by atoms with Crippen LogP contribution in [0.25, 0.3) is 0 Å². The molecular formula is C17H22N2O5. The number of carbonyl (C=O) groups is 1. The first-order chi connectivity index (χ1) is 11.6. The number of aromatic nitrogens is 1. The fourth-order valence-corrected chi connectivity index (χ4v) is 3.57. The molecule has 0 radical (unpaired) electrons. The fourth-order valence-electron chi connectivity index (χ4n) is 3.57. The molecule has 24 heavy (non-hydrogen) atoms. The Bertz CT molecular complexity index is 709. The number of amides is 1. The number of terminal acetylenes is 1. The van der Waals surface area contributed by atoms with E-state index in [1.165, 1.54) is 10.8 Å². The van der Waals surface area contributed by atoms with Crippen LogP contribution in [-0.2, 0) is 11.3 Å². The number of rotatable bonds is 0. The van der Waals surface area contributed by atoms with Gasteiger partial charge in [0.05, 0.1) is 24.9 Å². The van der Waals surface area contributed by atoms with Gasteiger partial charge in [0, 0.05) is 0 Å². The van der Waals surface area contributed by atoms with Gasteiger partial charge in [0.1, 0.15) is 0 Å². The van der Waals surface area contributed by atoms with Gasteiger partial charge in [-0.25, -0.2) is 0 Å². The van der Waals surface area contributed by atoms with E-state index in [0.29, 0.717) is 6.54 Å². The molecule has 2 N–H and O–H groups in total. The monoisotopic (exact) mass is 334 g/mol. The van der Waals surface area contributed by atoms with Gasteiger partial charge in [-0.05, 0) is 19.3 Å². The number of carbonyl (C=O) groups excluding carboxylic acids is 1. The summed E-state index contributed by atoms with van der Waals surface area (Å²) in [5.41, 5.74) is -0.966. The summed E-state index contributed by atoms with van der Waals surface area (Å²) in [5, 5.41) is 19.4. The lowest BCUT2D eigenvalue weighted by Gasteiger charge is -2.34. The highest BCUT2D eigenvalue weighted by Gasteiger charge is 2.50. The van der Waals surface area contributed by atoms with E-state index in [0.717, 1.165) is 19.3 Å². The molecule has 0 spiro atoms. The van der Waals surface area contributed by atoms with E-state index in [9.17, 15) is 19.8 Å². The van der Waals surface area contributed by atoms with Gasteiger partial charge in [-0.1, -0.05) is 13.8 Å². The van der Waals surface area contributed by atoms with E-state index < -0.39 is 22.8 Å². The van der Waals surface area contributed by atoms with Crippen LogP contribution in [0, 0.1) is 12.8 Å². The lowest BCUT2D eigenvalue weighted by Crippen LogP contribution is -2.49. The molecule has 2 fully saturated rings. The Morgan fingerprint density at radius 1 is 1.21 bits per heavy atom. The summed E-state index contributed by atoms with van der Waals surface area (Å²) in [7, 11) is 0. The number of fused-ring (bicyclic) bond motifs is 4. The number of aromatic hydroxyl groups is 2. The molecule has 1 saturated carbocycles. The maximum atomic E-state index is 12.6. The van der Waals surface area contributed by atoms with Gasteiger partial charge in [-0.15, -0.1) is 12.8 Å². The van der Waals surface area contributed by atoms with Crippen molar-refractivity contribution in [3.63, 3.8) is 0 Å². The molecule has 3 aliphatic rings. The van der Waals surface area contributed by atoms with Gasteiger partial charge in [-0.3, -0.25) is 9.59 Å². The van der Waals surface area contributed by atoms with Crippen LogP contribution < -0.4 is 5.43 Å². The Labute approximate surface area is 140 Å². The second-order valence-electron chi connectivity index (χ2n) is 5.53. The van der Waals surface area contributed by atoms with Gasteiger partial charge in [0.15, 0.2) is 23.4 Å². The number of pyridine rings is 1. The average molecular weight is 334 g/mol. The lowest BCUT2D eigenvalue weighted by molar-refractivity contribution is -0.0179. The Kier molecular flexibility index (Phi) is 5.20. The molecule has 130 valence electrons. The molecule has 1 aromatic rings. The van der Waals surface area contributed by atoms with Crippen molar-refractivity contribution in [1.82, 2.24) is 9.47 Å². The highest BCUT2D eigenvalue weighted by atomic mass is 16.5. The summed E-state index contributed by atoms with van der Waals surface area (Å²) in [4.78, 5) is 25.8. The highest BCUT2D eigenvalue weighted by molar-refractivity contribution is 5.96. The smallest absolute Gasteiger partial charge is 0.276 e. The summed E-state index contributed by atoms with van der Waals surface area (Å²) in [6.45, 7) is 4.31. The molecule has 7 heteroatoms. The van der Waals surface area contributed by atoms with Crippen molar-refractivity contribution in [3.05, 3.63) is 22.1 Å². The average Bonchev–Trinajstić information content (AvgIpc) is 3.17. The third-order valence-corrected chi connectivity index (χ3v) is 4.44. The minimum atomic E-state index is -0.911. The molecule has 0 aromatic carbocycles. The molecule has 1 amide bonds. The first kappa shape index (κ1) is 17.9. The standard InChI is InChI=1S/C13H14N2O5.C2H6.C2H2/c16-7-4-14-5-9-15(6-2-1-3-8(6)20-9)13(19)10(14)12(18)11(7)17;2*1-2/h4,6,8-9,16,18H,1-3,5H2;1-2H3;1-2H/t6-,8+,9?;;/m1../s1. The maximum Gasteiger partial charge on any atom is 0.276 e. The zero-order chi connectivity index (χ0) is 18.0. The molecule has 1 unspecified atom stereocenters. The highest BCUT2D eigenvalue weighted by Crippen LogP contribution is 2.39. The third kappa shape index (κ3) is 2.53. The number of hydrogen-bond acceptors (Lipinski definition) is 5. The Morgan fingerprint density at radius 2 is 1.88 bits per heavy atom. The van der Waals surface area contributed by atoms with Crippen LogP contribution in [0.15, 0.2) is 11.0 Å². The van der Waals surface area contributed by atoms with Crippen molar-refractivity contribution in [2.45, 2.75) is 58.0 Å². The number of hydrogen-bond donors (Lipinski definition) is 2. The van der Waals surface area contributed by atoms with E-state index in [1.807, 2.05) is 13.8 Å². The van der Waals surface area contributed by atoms with Crippen molar-refractivity contribution < 1.29 is 19.7 Å². The van der Waals surface area contributed by atoms with E-state index >= 15 is 0 Å². The summed E-state index contributed by atoms with van der Waals surface area (Å²) >= 11 is 0. The second-order valence-corrected chi connectivity index (χ2v) is 5.53. The summed E-state index contributed by atoms with van der Waals surface area (Å²) in [6, 6.07) is 0.0320. The van der Waals surface area contributed by atoms with Crippen LogP contribution in [-0.4, -0.2) is 44.0 Å². The zero-order valence-electron chi connectivity index (χ0n) is 13.8. The van der Waals surface area contributed by atoms with Crippen LogP contribution in [0.3, 0.4) is 0 Å². The Morgan fingerprint density at radius 3 is 2.54 bits per heavy atom. The minimum Gasteiger partial charge on any atom is -0.503 e. The van der Waals surface area contributed by atoms with Crippen molar-refractivity contribution in [3.8, 4) is 24.3 Å². The molecule has 4 rings (SSSR count). The molecule has 1 aromatic heterocycles. The molecule has 0 bridgehead atoms. The lowest BCUT2D eigenvalue weighted by atomic mass is 10.1. The molecular weight excluding hydrogens is 312 g/mol. The number of nitrogens with zero attached hydrogens (tertiary/aromatic N) is 2. The zero-order valence-corrected chi connectivity index (χ0v) is 13.8. The van der Waals surface area contributed by atoms with Crippen molar-refractivity contribution in [1.29, 1.82) is 0 Å². The van der Waals surface area contributed by atoms with Crippen LogP contribution >= 0.6 is 0 Å². The second kappa shape index (κ2) is 6.97. The first-order valence-electron chi connectivity index (χ1n) is 8.04. The fraction of sp³-hybridized carbons (Fsp3) is 0.529. The topological polar surface area (TPSA) is 92.0 Å². The van der Waals surface area contributed by atoms with Gasteiger partial charge < -0.3 is 24.4 Å². The van der Waals surface area contributed by atoms with Gasteiger partial charge >= 0.3 is 0 Å². The number of ether oxygens (including phenoxy) is 1. The third-order valence-electron chi connectivity index (χ3n) is 4.44. The summed E-state index contributed by atoms with van der Waals surface area (Å²) in [6.07, 6.45) is 11.7. The van der Waals surface area contributed by atoms with Crippen molar-refractivity contribution >= 4 is 5.91 Å². The van der Waals surface area contributed by atoms with Gasteiger partial charge in [0.25, 0.3) is 11.3 Å². The van der Waals surface area contributed by atoms with E-state index in [2.05, 4.69) is 12.8 Å². The molecule has 3 atom stereocenters. The molecule has 7 nitrogen and oxygen atoms in total. The molecule has 2 aliphatic heterocycles. The Balaban J connectivity index is 0.000000487. The normalized spacial score (nSPS) is 26.2. The SMILES string of the molecule is C#C.CC.O=C1c2c(O)c(=O)c(O)cn2CC2O[C@H]3CCC[C@H]3N12. The summed E-state index contributed by atoms with van der Waals surface area (Å²) < 4.78 is 7.27. The van der Waals surface area contributed by atoms with Crippen LogP contribution in [0.5, 0.6) is 11.5 Å². The summed E-state index contributed by atoms with van der Waals surface area (Å²) in [5.74, 6) is -1.65. The maximum absolute atomic E-state index is 12.6. The van der Waals surface area contributed by atoms with E-state index in [-0.39, 0.29) is 24.1 Å². The Hall–Kier alpha value is -2.46. The van der Waals surface area contributed by atoms with Gasteiger partial charge in [0.2, 0.25) is 0 Å². The van der Waals surface area contributed by atoms with Gasteiger partial charge in [-0.2, -0.15) is 0 Å². The predicted molar refractivity (Wildman–Crippen MR) is 87.7 cm³/mol. The first-order valence-corrected chi connectivity index (χ1v) is 8.04.